The fourth-order valence-electron chi connectivity index (χ4n) is 2.38. The molecule has 2 aromatic carbocycles. The summed E-state index contributed by atoms with van der Waals surface area (Å²) in [5.41, 5.74) is 1.38. The highest BCUT2D eigenvalue weighted by molar-refractivity contribution is 7.92. The monoisotopic (exact) mass is 435 g/mol. The predicted molar refractivity (Wildman–Crippen MR) is 111 cm³/mol. The van der Waals surface area contributed by atoms with Crippen LogP contribution >= 0.6 is 23.2 Å². The first-order valence-electron chi connectivity index (χ1n) is 8.08. The molecule has 0 atom stereocenters. The second-order valence-electron chi connectivity index (χ2n) is 5.87. The van der Waals surface area contributed by atoms with Crippen LogP contribution in [0.4, 0.5) is 11.4 Å². The molecule has 28 heavy (non-hydrogen) atoms. The highest BCUT2D eigenvalue weighted by Crippen LogP contribution is 2.25. The van der Waals surface area contributed by atoms with Gasteiger partial charge in [0.2, 0.25) is 0 Å². The number of nitrogens with one attached hydrogen (secondary N) is 2. The molecule has 144 valence electrons. The Balaban J connectivity index is 1.86. The van der Waals surface area contributed by atoms with Crippen molar-refractivity contribution in [2.24, 2.45) is 0 Å². The van der Waals surface area contributed by atoms with Gasteiger partial charge >= 0.3 is 0 Å². The van der Waals surface area contributed by atoms with Gasteiger partial charge in [-0.05, 0) is 48.9 Å². The normalized spacial score (nSPS) is 11.1. The summed E-state index contributed by atoms with van der Waals surface area (Å²) in [4.78, 5) is 16.5. The van der Waals surface area contributed by atoms with Gasteiger partial charge in [-0.3, -0.25) is 9.52 Å². The first-order valence-corrected chi connectivity index (χ1v) is 10.3. The zero-order valence-electron chi connectivity index (χ0n) is 14.6. The summed E-state index contributed by atoms with van der Waals surface area (Å²) in [7, 11) is -3.76. The molecule has 6 nitrogen and oxygen atoms in total. The summed E-state index contributed by atoms with van der Waals surface area (Å²) < 4.78 is 27.6. The molecule has 2 N–H and O–H groups in total. The number of pyridine rings is 1. The fourth-order valence-corrected chi connectivity index (χ4v) is 3.86. The van der Waals surface area contributed by atoms with Gasteiger partial charge in [0.15, 0.2) is 0 Å². The molecule has 0 spiro atoms. The van der Waals surface area contributed by atoms with Crippen molar-refractivity contribution >= 4 is 50.5 Å². The van der Waals surface area contributed by atoms with Crippen LogP contribution in [0, 0.1) is 6.92 Å². The molecule has 3 rings (SSSR count). The third kappa shape index (κ3) is 4.62. The van der Waals surface area contributed by atoms with Gasteiger partial charge in [0.1, 0.15) is 10.8 Å². The highest BCUT2D eigenvalue weighted by Gasteiger charge is 2.17. The van der Waals surface area contributed by atoms with Gasteiger partial charge in [-0.15, -0.1) is 0 Å². The number of aromatic nitrogens is 1. The maximum absolute atomic E-state index is 12.6. The fraction of sp³-hybridized carbons (Fsp3) is 0.0526. The second-order valence-corrected chi connectivity index (χ2v) is 8.34. The molecule has 0 aliphatic carbocycles. The Kier molecular flexibility index (Phi) is 5.88. The molecule has 0 saturated carbocycles. The average molecular weight is 436 g/mol. The topological polar surface area (TPSA) is 88.2 Å². The molecule has 0 aliphatic rings. The number of nitrogens with zero attached hydrogens (tertiary/aromatic N) is 1. The van der Waals surface area contributed by atoms with Gasteiger partial charge in [0.05, 0.1) is 15.6 Å². The summed E-state index contributed by atoms with van der Waals surface area (Å²) in [5.74, 6) is -0.562. The highest BCUT2D eigenvalue weighted by atomic mass is 35.5. The largest absolute Gasteiger partial charge is 0.321 e. The average Bonchev–Trinajstić information content (AvgIpc) is 2.67. The third-order valence-corrected chi connectivity index (χ3v) is 5.72. The Morgan fingerprint density at radius 3 is 2.43 bits per heavy atom. The Labute approximate surface area is 172 Å². The lowest BCUT2D eigenvalue weighted by Crippen LogP contribution is -2.16. The number of benzene rings is 2. The van der Waals surface area contributed by atoms with E-state index in [0.29, 0.717) is 16.9 Å². The first kappa shape index (κ1) is 20.1. The van der Waals surface area contributed by atoms with Crippen molar-refractivity contribution in [3.63, 3.8) is 0 Å². The van der Waals surface area contributed by atoms with Crippen LogP contribution in [0.5, 0.6) is 0 Å². The number of halogens is 2. The number of amides is 1. The van der Waals surface area contributed by atoms with E-state index in [-0.39, 0.29) is 20.8 Å². The molecule has 1 heterocycles. The summed E-state index contributed by atoms with van der Waals surface area (Å²) >= 11 is 11.8. The number of carbonyl (C=O) groups is 1. The Hall–Kier alpha value is -2.61. The van der Waals surface area contributed by atoms with E-state index in [4.69, 9.17) is 23.2 Å². The van der Waals surface area contributed by atoms with Crippen molar-refractivity contribution in [1.82, 2.24) is 4.98 Å². The first-order chi connectivity index (χ1) is 13.3. The molecule has 0 saturated heterocycles. The van der Waals surface area contributed by atoms with Crippen LogP contribution in [0.15, 0.2) is 65.6 Å². The van der Waals surface area contributed by atoms with Gasteiger partial charge in [-0.2, -0.15) is 0 Å². The van der Waals surface area contributed by atoms with Crippen LogP contribution in [0.2, 0.25) is 10.2 Å². The molecular formula is C19H15Cl2N3O3S. The number of anilines is 2. The van der Waals surface area contributed by atoms with Gasteiger partial charge in [-0.25, -0.2) is 13.4 Å². The van der Waals surface area contributed by atoms with Gasteiger partial charge in [0, 0.05) is 5.69 Å². The van der Waals surface area contributed by atoms with Crippen molar-refractivity contribution in [3.8, 4) is 0 Å². The zero-order chi connectivity index (χ0) is 20.3. The number of hydrogen-bond acceptors (Lipinski definition) is 4. The minimum atomic E-state index is -3.76. The molecule has 9 heteroatoms. The van der Waals surface area contributed by atoms with E-state index >= 15 is 0 Å². The molecule has 0 fully saturated rings. The molecule has 3 aromatic rings. The second kappa shape index (κ2) is 8.18. The van der Waals surface area contributed by atoms with E-state index in [0.717, 1.165) is 0 Å². The van der Waals surface area contributed by atoms with E-state index in [9.17, 15) is 13.2 Å². The van der Waals surface area contributed by atoms with Crippen molar-refractivity contribution in [2.45, 2.75) is 11.8 Å². The SMILES string of the molecule is Cc1ccc(NC(=O)c2nc(Cl)ccc2Cl)cc1NS(=O)(=O)c1ccccc1. The maximum Gasteiger partial charge on any atom is 0.275 e. The zero-order valence-corrected chi connectivity index (χ0v) is 16.9. The molecule has 0 aliphatic heterocycles. The molecule has 0 unspecified atom stereocenters. The van der Waals surface area contributed by atoms with E-state index in [1.807, 2.05) is 0 Å². The summed E-state index contributed by atoms with van der Waals surface area (Å²) in [5, 5.41) is 2.93. The molecule has 0 bridgehead atoms. The van der Waals surface area contributed by atoms with E-state index < -0.39 is 15.9 Å². The Bertz CT molecular complexity index is 1140. The van der Waals surface area contributed by atoms with Crippen LogP contribution in [0.3, 0.4) is 0 Å². The van der Waals surface area contributed by atoms with Crippen LogP contribution in [0.25, 0.3) is 0 Å². The number of carbonyl (C=O) groups excluding carboxylic acids is 1. The smallest absolute Gasteiger partial charge is 0.275 e. The van der Waals surface area contributed by atoms with Crippen molar-refractivity contribution in [1.29, 1.82) is 0 Å². The Morgan fingerprint density at radius 1 is 1.00 bits per heavy atom. The molecule has 1 amide bonds. The van der Waals surface area contributed by atoms with Crippen LogP contribution in [-0.4, -0.2) is 19.3 Å². The minimum Gasteiger partial charge on any atom is -0.321 e. The van der Waals surface area contributed by atoms with E-state index in [1.165, 1.54) is 30.3 Å². The predicted octanol–water partition coefficient (Wildman–Crippen LogP) is 4.75. The maximum atomic E-state index is 12.6. The molecule has 1 aromatic heterocycles. The lowest BCUT2D eigenvalue weighted by molar-refractivity contribution is 0.102. The lowest BCUT2D eigenvalue weighted by Gasteiger charge is -2.13. The number of aryl methyl sites for hydroxylation is 1. The molecule has 0 radical (unpaired) electrons. The van der Waals surface area contributed by atoms with Gasteiger partial charge in [-0.1, -0.05) is 47.5 Å². The number of rotatable bonds is 5. The van der Waals surface area contributed by atoms with Crippen molar-refractivity contribution in [2.75, 3.05) is 10.0 Å². The summed E-state index contributed by atoms with van der Waals surface area (Å²) in [6, 6.07) is 15.8. The summed E-state index contributed by atoms with van der Waals surface area (Å²) in [6.07, 6.45) is 0. The third-order valence-electron chi connectivity index (χ3n) is 3.82. The lowest BCUT2D eigenvalue weighted by atomic mass is 10.2. The minimum absolute atomic E-state index is 0.0267. The summed E-state index contributed by atoms with van der Waals surface area (Å²) in [6.45, 7) is 1.75. The van der Waals surface area contributed by atoms with E-state index in [2.05, 4.69) is 15.0 Å². The molecular weight excluding hydrogens is 421 g/mol. The number of hydrogen-bond donors (Lipinski definition) is 2. The van der Waals surface area contributed by atoms with Crippen molar-refractivity contribution in [3.05, 3.63) is 82.1 Å². The van der Waals surface area contributed by atoms with Crippen LogP contribution in [-0.2, 0) is 10.0 Å². The van der Waals surface area contributed by atoms with Gasteiger partial charge in [0.25, 0.3) is 15.9 Å². The van der Waals surface area contributed by atoms with Crippen LogP contribution < -0.4 is 10.0 Å². The van der Waals surface area contributed by atoms with Crippen molar-refractivity contribution < 1.29 is 13.2 Å². The van der Waals surface area contributed by atoms with Gasteiger partial charge < -0.3 is 5.32 Å². The number of sulfonamides is 1. The Morgan fingerprint density at radius 2 is 1.71 bits per heavy atom. The van der Waals surface area contributed by atoms with E-state index in [1.54, 1.807) is 37.3 Å². The van der Waals surface area contributed by atoms with Crippen LogP contribution in [0.1, 0.15) is 16.1 Å². The quantitative estimate of drug-likeness (QED) is 0.565. The standard InChI is InChI=1S/C19H15Cl2N3O3S/c1-12-7-8-13(22-19(25)18-15(20)9-10-17(21)23-18)11-16(12)24-28(26,27)14-5-3-2-4-6-14/h2-11,24H,1H3,(H,22,25).